The number of alkyl halides is 1. The Kier molecular flexibility index (Phi) is 3.29. The largest absolute Gasteiger partial charge is 0.475 e. The molecule has 0 aliphatic heterocycles. The summed E-state index contributed by atoms with van der Waals surface area (Å²) in [5.41, 5.74) is 0. The van der Waals surface area contributed by atoms with E-state index in [1.165, 1.54) is 0 Å². The van der Waals surface area contributed by atoms with Gasteiger partial charge in [0.25, 0.3) is 0 Å². The van der Waals surface area contributed by atoms with E-state index in [1.54, 1.807) is 18.3 Å². The maximum Gasteiger partial charge on any atom is 0.214 e. The molecule has 1 heterocycles. The number of rotatable bonds is 3. The predicted molar refractivity (Wildman–Crippen MR) is 43.4 cm³/mol. The zero-order valence-electron chi connectivity index (χ0n) is 5.76. The summed E-state index contributed by atoms with van der Waals surface area (Å²) in [5, 5.41) is 0. The minimum Gasteiger partial charge on any atom is -0.475 e. The molecule has 0 unspecified atom stereocenters. The van der Waals surface area contributed by atoms with Gasteiger partial charge in [0.2, 0.25) is 5.88 Å². The Morgan fingerprint density at radius 1 is 1.64 bits per heavy atom. The van der Waals surface area contributed by atoms with Crippen LogP contribution in [0.25, 0.3) is 0 Å². The lowest BCUT2D eigenvalue weighted by molar-refractivity contribution is 0.264. The van der Waals surface area contributed by atoms with Crippen molar-refractivity contribution in [3.63, 3.8) is 0 Å². The molecule has 0 saturated carbocycles. The van der Waals surface area contributed by atoms with E-state index in [0.717, 1.165) is 4.47 Å². The fourth-order valence-corrected chi connectivity index (χ4v) is 0.921. The van der Waals surface area contributed by atoms with Crippen LogP contribution in [0, 0.1) is 0 Å². The van der Waals surface area contributed by atoms with Crippen LogP contribution in [0.3, 0.4) is 0 Å². The van der Waals surface area contributed by atoms with E-state index < -0.39 is 6.67 Å². The number of nitrogens with zero attached hydrogens (tertiary/aromatic N) is 1. The minimum atomic E-state index is -0.492. The summed E-state index contributed by atoms with van der Waals surface area (Å²) >= 11 is 3.24. The van der Waals surface area contributed by atoms with Gasteiger partial charge < -0.3 is 4.74 Å². The quantitative estimate of drug-likeness (QED) is 0.778. The standard InChI is InChI=1S/C7H7BrFNO/c8-6-1-3-10-7(5-6)11-4-2-9/h1,3,5H,2,4H2. The van der Waals surface area contributed by atoms with Gasteiger partial charge in [-0.15, -0.1) is 0 Å². The van der Waals surface area contributed by atoms with Gasteiger partial charge in [0.15, 0.2) is 0 Å². The summed E-state index contributed by atoms with van der Waals surface area (Å²) in [6.07, 6.45) is 1.59. The number of ether oxygens (including phenoxy) is 1. The van der Waals surface area contributed by atoms with Crippen molar-refractivity contribution in [3.8, 4) is 5.88 Å². The third-order valence-corrected chi connectivity index (χ3v) is 1.52. The zero-order valence-corrected chi connectivity index (χ0v) is 7.34. The highest BCUT2D eigenvalue weighted by molar-refractivity contribution is 9.10. The molecule has 4 heteroatoms. The molecule has 0 bridgehead atoms. The van der Waals surface area contributed by atoms with Gasteiger partial charge in [-0.1, -0.05) is 15.9 Å². The molecular weight excluding hydrogens is 213 g/mol. The highest BCUT2D eigenvalue weighted by atomic mass is 79.9. The van der Waals surface area contributed by atoms with Crippen LogP contribution < -0.4 is 4.74 Å². The highest BCUT2D eigenvalue weighted by Gasteiger charge is 1.94. The van der Waals surface area contributed by atoms with E-state index in [4.69, 9.17) is 4.74 Å². The summed E-state index contributed by atoms with van der Waals surface area (Å²) < 4.78 is 17.4. The van der Waals surface area contributed by atoms with Gasteiger partial charge in [0.05, 0.1) is 0 Å². The van der Waals surface area contributed by atoms with Gasteiger partial charge in [-0.05, 0) is 6.07 Å². The van der Waals surface area contributed by atoms with Crippen molar-refractivity contribution < 1.29 is 9.13 Å². The van der Waals surface area contributed by atoms with Crippen LogP contribution in [0.5, 0.6) is 5.88 Å². The smallest absolute Gasteiger partial charge is 0.214 e. The van der Waals surface area contributed by atoms with Crippen molar-refractivity contribution in [3.05, 3.63) is 22.8 Å². The Bertz CT molecular complexity index is 231. The SMILES string of the molecule is FCCOc1cc(Br)ccn1. The van der Waals surface area contributed by atoms with Crippen LogP contribution in [0.4, 0.5) is 4.39 Å². The van der Waals surface area contributed by atoms with E-state index in [0.29, 0.717) is 5.88 Å². The number of halogens is 2. The fraction of sp³-hybridized carbons (Fsp3) is 0.286. The maximum absolute atomic E-state index is 11.6. The molecule has 0 spiro atoms. The zero-order chi connectivity index (χ0) is 8.10. The molecule has 1 aromatic rings. The average molecular weight is 220 g/mol. The Morgan fingerprint density at radius 3 is 3.09 bits per heavy atom. The molecule has 60 valence electrons. The number of aromatic nitrogens is 1. The second-order valence-electron chi connectivity index (χ2n) is 1.85. The minimum absolute atomic E-state index is 0.0590. The van der Waals surface area contributed by atoms with Crippen molar-refractivity contribution >= 4 is 15.9 Å². The first-order valence-electron chi connectivity index (χ1n) is 3.13. The van der Waals surface area contributed by atoms with Crippen molar-refractivity contribution in [2.75, 3.05) is 13.3 Å². The molecule has 0 radical (unpaired) electrons. The summed E-state index contributed by atoms with van der Waals surface area (Å²) in [4.78, 5) is 3.86. The molecule has 11 heavy (non-hydrogen) atoms. The van der Waals surface area contributed by atoms with Gasteiger partial charge in [0.1, 0.15) is 13.3 Å². The molecular formula is C7H7BrFNO. The van der Waals surface area contributed by atoms with Crippen LogP contribution in [0.1, 0.15) is 0 Å². The second kappa shape index (κ2) is 4.28. The van der Waals surface area contributed by atoms with Crippen molar-refractivity contribution in [1.29, 1.82) is 0 Å². The molecule has 1 rings (SSSR count). The van der Waals surface area contributed by atoms with E-state index in [2.05, 4.69) is 20.9 Å². The van der Waals surface area contributed by atoms with E-state index in [1.807, 2.05) is 0 Å². The summed E-state index contributed by atoms with van der Waals surface area (Å²) in [6.45, 7) is -0.433. The molecule has 0 aliphatic rings. The molecule has 0 N–H and O–H groups in total. The van der Waals surface area contributed by atoms with Crippen LogP contribution in [0.2, 0.25) is 0 Å². The molecule has 0 aromatic carbocycles. The molecule has 0 amide bonds. The molecule has 0 fully saturated rings. The average Bonchev–Trinajstić information content (AvgIpc) is 2.01. The molecule has 0 saturated heterocycles. The van der Waals surface area contributed by atoms with Crippen molar-refractivity contribution in [1.82, 2.24) is 4.98 Å². The number of hydrogen-bond acceptors (Lipinski definition) is 2. The van der Waals surface area contributed by atoms with Crippen LogP contribution in [-0.2, 0) is 0 Å². The molecule has 2 nitrogen and oxygen atoms in total. The third kappa shape index (κ3) is 2.84. The van der Waals surface area contributed by atoms with E-state index in [-0.39, 0.29) is 6.61 Å². The number of pyridine rings is 1. The topological polar surface area (TPSA) is 22.1 Å². The monoisotopic (exact) mass is 219 g/mol. The molecule has 0 aliphatic carbocycles. The first-order valence-corrected chi connectivity index (χ1v) is 3.92. The summed E-state index contributed by atoms with van der Waals surface area (Å²) in [7, 11) is 0. The van der Waals surface area contributed by atoms with Crippen LogP contribution >= 0.6 is 15.9 Å². The lowest BCUT2D eigenvalue weighted by atomic mass is 10.5. The van der Waals surface area contributed by atoms with Crippen LogP contribution in [0.15, 0.2) is 22.8 Å². The van der Waals surface area contributed by atoms with Crippen molar-refractivity contribution in [2.24, 2.45) is 0 Å². The van der Waals surface area contributed by atoms with Crippen molar-refractivity contribution in [2.45, 2.75) is 0 Å². The Hall–Kier alpha value is -0.640. The van der Waals surface area contributed by atoms with Gasteiger partial charge in [0, 0.05) is 16.7 Å². The highest BCUT2D eigenvalue weighted by Crippen LogP contribution is 2.14. The van der Waals surface area contributed by atoms with Gasteiger partial charge in [-0.2, -0.15) is 0 Å². The number of hydrogen-bond donors (Lipinski definition) is 0. The van der Waals surface area contributed by atoms with Gasteiger partial charge in [-0.3, -0.25) is 0 Å². The normalized spacial score (nSPS) is 9.64. The fourth-order valence-electron chi connectivity index (χ4n) is 0.607. The Balaban J connectivity index is 2.56. The Labute approximate surface area is 72.5 Å². The molecule has 0 atom stereocenters. The van der Waals surface area contributed by atoms with E-state index >= 15 is 0 Å². The third-order valence-electron chi connectivity index (χ3n) is 1.02. The lowest BCUT2D eigenvalue weighted by Crippen LogP contribution is -1.99. The first kappa shape index (κ1) is 8.46. The first-order chi connectivity index (χ1) is 5.33. The van der Waals surface area contributed by atoms with E-state index in [9.17, 15) is 4.39 Å². The lowest BCUT2D eigenvalue weighted by Gasteiger charge is -2.00. The summed E-state index contributed by atoms with van der Waals surface area (Å²) in [5.74, 6) is 0.442. The van der Waals surface area contributed by atoms with Gasteiger partial charge >= 0.3 is 0 Å². The second-order valence-corrected chi connectivity index (χ2v) is 2.77. The Morgan fingerprint density at radius 2 is 2.45 bits per heavy atom. The van der Waals surface area contributed by atoms with Gasteiger partial charge in [-0.25, -0.2) is 9.37 Å². The molecule has 1 aromatic heterocycles. The summed E-state index contributed by atoms with van der Waals surface area (Å²) in [6, 6.07) is 3.47. The maximum atomic E-state index is 11.6. The predicted octanol–water partition coefficient (Wildman–Crippen LogP) is 2.19. The van der Waals surface area contributed by atoms with Crippen LogP contribution in [-0.4, -0.2) is 18.3 Å².